The second-order valence-electron chi connectivity index (χ2n) is 9.58. The van der Waals surface area contributed by atoms with E-state index in [1.54, 1.807) is 44.0 Å². The second kappa shape index (κ2) is 11.5. The van der Waals surface area contributed by atoms with E-state index >= 15 is 0 Å². The Labute approximate surface area is 231 Å². The summed E-state index contributed by atoms with van der Waals surface area (Å²) in [6, 6.07) is 10.6. The van der Waals surface area contributed by atoms with Crippen LogP contribution in [0.2, 0.25) is 5.02 Å². The van der Waals surface area contributed by atoms with Crippen molar-refractivity contribution in [2.75, 3.05) is 31.7 Å². The molecular weight excluding hydrogens is 518 g/mol. The van der Waals surface area contributed by atoms with Gasteiger partial charge in [0.25, 0.3) is 0 Å². The van der Waals surface area contributed by atoms with E-state index in [2.05, 4.69) is 20.2 Å². The molecule has 5 rings (SSSR count). The third-order valence-corrected chi connectivity index (χ3v) is 7.37. The van der Waals surface area contributed by atoms with Gasteiger partial charge in [0.1, 0.15) is 11.6 Å². The summed E-state index contributed by atoms with van der Waals surface area (Å²) in [7, 11) is 1.59. The number of fused-ring (bicyclic) bond motifs is 1. The number of piperidine rings is 1. The number of hydrogen-bond donors (Lipinski definition) is 3. The van der Waals surface area contributed by atoms with Crippen molar-refractivity contribution in [3.8, 4) is 17.1 Å². The second-order valence-corrected chi connectivity index (χ2v) is 10.0. The normalized spacial score (nSPS) is 15.6. The lowest BCUT2D eigenvalue weighted by Gasteiger charge is -2.39. The van der Waals surface area contributed by atoms with E-state index in [0.717, 1.165) is 16.5 Å². The molecule has 1 saturated heterocycles. The highest BCUT2D eigenvalue weighted by atomic mass is 35.5. The molecule has 4 heterocycles. The van der Waals surface area contributed by atoms with Gasteiger partial charge < -0.3 is 25.8 Å². The number of nitrogens with zero attached hydrogens (tertiary/aromatic N) is 5. The molecule has 202 valence electrons. The first-order chi connectivity index (χ1) is 18.9. The zero-order valence-corrected chi connectivity index (χ0v) is 22.3. The molecule has 39 heavy (non-hydrogen) atoms. The molecule has 0 bridgehead atoms. The number of aliphatic hydroxyl groups excluding tert-OH is 1. The Morgan fingerprint density at radius 3 is 2.51 bits per heavy atom. The molecule has 0 aliphatic carbocycles. The van der Waals surface area contributed by atoms with E-state index in [1.165, 1.54) is 0 Å². The quantitative estimate of drug-likeness (QED) is 0.303. The minimum Gasteiger partial charge on any atom is -0.494 e. The van der Waals surface area contributed by atoms with Crippen LogP contribution in [0.25, 0.3) is 22.3 Å². The molecule has 1 amide bonds. The molecule has 1 fully saturated rings. The maximum atomic E-state index is 13.4. The highest BCUT2D eigenvalue weighted by Crippen LogP contribution is 2.36. The van der Waals surface area contributed by atoms with E-state index < -0.39 is 5.54 Å². The van der Waals surface area contributed by atoms with Crippen LogP contribution in [-0.2, 0) is 4.79 Å². The summed E-state index contributed by atoms with van der Waals surface area (Å²) in [5.41, 5.74) is 7.96. The number of nitrogens with one attached hydrogen (secondary N) is 1. The molecule has 3 aromatic heterocycles. The molecule has 0 radical (unpaired) electrons. The van der Waals surface area contributed by atoms with Crippen molar-refractivity contribution in [3.05, 3.63) is 71.8 Å². The SMILES string of the molecule is COc1cncc2nc(-c3ccncc3)nc(N3CCC(N)(C(=O)N[C@@H](CCO)c4ccc(Cl)cc4)CC3)c12. The van der Waals surface area contributed by atoms with Crippen LogP contribution in [0.5, 0.6) is 5.75 Å². The molecule has 1 atom stereocenters. The molecule has 0 saturated carbocycles. The van der Waals surface area contributed by atoms with Gasteiger partial charge in [-0.2, -0.15) is 0 Å². The summed E-state index contributed by atoms with van der Waals surface area (Å²) >= 11 is 6.02. The average Bonchev–Trinajstić information content (AvgIpc) is 2.97. The smallest absolute Gasteiger partial charge is 0.240 e. The molecular formula is C28H30ClN7O3. The summed E-state index contributed by atoms with van der Waals surface area (Å²) in [6.45, 7) is 0.933. The lowest BCUT2D eigenvalue weighted by Crippen LogP contribution is -2.60. The van der Waals surface area contributed by atoms with Crippen molar-refractivity contribution in [2.24, 2.45) is 5.73 Å². The zero-order chi connectivity index (χ0) is 27.4. The van der Waals surface area contributed by atoms with Crippen LogP contribution in [0.3, 0.4) is 0 Å². The van der Waals surface area contributed by atoms with E-state index in [9.17, 15) is 9.90 Å². The van der Waals surface area contributed by atoms with Gasteiger partial charge in [0.2, 0.25) is 5.91 Å². The van der Waals surface area contributed by atoms with Crippen LogP contribution in [-0.4, -0.2) is 63.3 Å². The number of halogens is 1. The Bertz CT molecular complexity index is 1450. The summed E-state index contributed by atoms with van der Waals surface area (Å²) in [4.78, 5) is 33.5. The van der Waals surface area contributed by atoms with E-state index in [1.807, 2.05) is 24.3 Å². The van der Waals surface area contributed by atoms with Gasteiger partial charge in [0.15, 0.2) is 5.82 Å². The predicted molar refractivity (Wildman–Crippen MR) is 150 cm³/mol. The van der Waals surface area contributed by atoms with Crippen LogP contribution in [0, 0.1) is 0 Å². The van der Waals surface area contributed by atoms with Gasteiger partial charge >= 0.3 is 0 Å². The number of rotatable bonds is 8. The number of aromatic nitrogens is 4. The number of aliphatic hydroxyl groups is 1. The van der Waals surface area contributed by atoms with Crippen LogP contribution in [0.4, 0.5) is 5.82 Å². The molecule has 11 heteroatoms. The van der Waals surface area contributed by atoms with E-state index in [4.69, 9.17) is 32.0 Å². The largest absolute Gasteiger partial charge is 0.494 e. The first kappa shape index (κ1) is 26.7. The Hall–Kier alpha value is -3.86. The monoisotopic (exact) mass is 547 g/mol. The number of anilines is 1. The van der Waals surface area contributed by atoms with Gasteiger partial charge in [-0.15, -0.1) is 0 Å². The molecule has 1 aliphatic heterocycles. The summed E-state index contributed by atoms with van der Waals surface area (Å²) in [5, 5.41) is 14.0. The minimum atomic E-state index is -1.07. The van der Waals surface area contributed by atoms with Gasteiger partial charge in [-0.05, 0) is 49.1 Å². The van der Waals surface area contributed by atoms with Crippen LogP contribution in [0.15, 0.2) is 61.2 Å². The van der Waals surface area contributed by atoms with Gasteiger partial charge in [0.05, 0.1) is 42.0 Å². The molecule has 1 aliphatic rings. The number of benzene rings is 1. The molecule has 0 unspecified atom stereocenters. The number of methoxy groups -OCH3 is 1. The van der Waals surface area contributed by atoms with Crippen LogP contribution in [0.1, 0.15) is 30.9 Å². The molecule has 1 aromatic carbocycles. The lowest BCUT2D eigenvalue weighted by molar-refractivity contribution is -0.128. The van der Waals surface area contributed by atoms with Crippen molar-refractivity contribution in [2.45, 2.75) is 30.8 Å². The topological polar surface area (TPSA) is 139 Å². The number of ether oxygens (including phenoxy) is 1. The number of pyridine rings is 2. The van der Waals surface area contributed by atoms with Gasteiger partial charge in [-0.1, -0.05) is 23.7 Å². The number of nitrogens with two attached hydrogens (primary N) is 1. The van der Waals surface area contributed by atoms with Gasteiger partial charge in [-0.3, -0.25) is 14.8 Å². The van der Waals surface area contributed by atoms with Crippen molar-refractivity contribution in [1.82, 2.24) is 25.3 Å². The van der Waals surface area contributed by atoms with E-state index in [-0.39, 0.29) is 18.6 Å². The lowest BCUT2D eigenvalue weighted by atomic mass is 9.86. The number of amides is 1. The van der Waals surface area contributed by atoms with Crippen molar-refractivity contribution < 1.29 is 14.6 Å². The Balaban J connectivity index is 1.39. The molecule has 4 N–H and O–H groups in total. The van der Waals surface area contributed by atoms with Crippen molar-refractivity contribution in [3.63, 3.8) is 0 Å². The van der Waals surface area contributed by atoms with E-state index in [0.29, 0.717) is 60.3 Å². The summed E-state index contributed by atoms with van der Waals surface area (Å²) in [5.74, 6) is 1.57. The van der Waals surface area contributed by atoms with Crippen LogP contribution < -0.4 is 20.7 Å². The standard InChI is InChI=1S/C28H30ClN7O3/c1-39-23-17-32-16-22-24(23)26(35-25(33-22)19-6-11-31-12-7-19)36-13-9-28(30,10-14-36)27(38)34-21(8-15-37)18-2-4-20(29)5-3-18/h2-7,11-12,16-17,21,37H,8-10,13-15,30H2,1H3,(H,34,38)/t21-/m0/s1. The fourth-order valence-corrected chi connectivity index (χ4v) is 4.97. The Kier molecular flexibility index (Phi) is 7.87. The third-order valence-electron chi connectivity index (χ3n) is 7.11. The number of carbonyl (C=O) groups is 1. The van der Waals surface area contributed by atoms with Crippen LogP contribution >= 0.6 is 11.6 Å². The molecule has 10 nitrogen and oxygen atoms in total. The maximum absolute atomic E-state index is 13.4. The fraction of sp³-hybridized carbons (Fsp3) is 0.321. The van der Waals surface area contributed by atoms with Crippen molar-refractivity contribution >= 4 is 34.2 Å². The first-order valence-corrected chi connectivity index (χ1v) is 13.1. The third kappa shape index (κ3) is 5.63. The van der Waals surface area contributed by atoms with Gasteiger partial charge in [0, 0.05) is 42.7 Å². The van der Waals surface area contributed by atoms with Crippen molar-refractivity contribution in [1.29, 1.82) is 0 Å². The Morgan fingerprint density at radius 2 is 1.85 bits per heavy atom. The maximum Gasteiger partial charge on any atom is 0.240 e. The highest BCUT2D eigenvalue weighted by Gasteiger charge is 2.39. The summed E-state index contributed by atoms with van der Waals surface area (Å²) < 4.78 is 5.60. The van der Waals surface area contributed by atoms with Gasteiger partial charge in [-0.25, -0.2) is 9.97 Å². The molecule has 4 aromatic rings. The predicted octanol–water partition coefficient (Wildman–Crippen LogP) is 3.29. The summed E-state index contributed by atoms with van der Waals surface area (Å²) in [6.07, 6.45) is 7.92. The minimum absolute atomic E-state index is 0.0732. The Morgan fingerprint density at radius 1 is 1.13 bits per heavy atom. The molecule has 0 spiro atoms. The number of hydrogen-bond acceptors (Lipinski definition) is 9. The fourth-order valence-electron chi connectivity index (χ4n) is 4.84. The highest BCUT2D eigenvalue weighted by molar-refractivity contribution is 6.30. The number of carbonyl (C=O) groups excluding carboxylic acids is 1. The zero-order valence-electron chi connectivity index (χ0n) is 21.5. The average molecular weight is 548 g/mol. The first-order valence-electron chi connectivity index (χ1n) is 12.7.